The van der Waals surface area contributed by atoms with Crippen LogP contribution >= 0.6 is 11.6 Å². The molecule has 2 aromatic carbocycles. The Morgan fingerprint density at radius 3 is 2.58 bits per heavy atom. The molecule has 0 bridgehead atoms. The highest BCUT2D eigenvalue weighted by molar-refractivity contribution is 6.31. The third kappa shape index (κ3) is 4.22. The summed E-state index contributed by atoms with van der Waals surface area (Å²) in [4.78, 5) is 41.3. The minimum absolute atomic E-state index is 0.401. The summed E-state index contributed by atoms with van der Waals surface area (Å²) < 4.78 is 5.39. The molecule has 2 saturated heterocycles. The van der Waals surface area contributed by atoms with E-state index in [4.69, 9.17) is 16.3 Å². The van der Waals surface area contributed by atoms with Gasteiger partial charge < -0.3 is 20.3 Å². The lowest BCUT2D eigenvalue weighted by molar-refractivity contribution is -0.133. The lowest BCUT2D eigenvalue weighted by Crippen LogP contribution is -2.42. The van der Waals surface area contributed by atoms with Crippen molar-refractivity contribution in [2.75, 3.05) is 43.1 Å². The summed E-state index contributed by atoms with van der Waals surface area (Å²) in [6, 6.07) is 13.6. The van der Waals surface area contributed by atoms with Crippen LogP contribution < -0.4 is 15.5 Å². The number of morpholine rings is 1. The number of amides is 4. The standard InChI is InChI=1S/C22H23ClN4O4/c1-22(15-5-3-2-4-6-15)20(29)27(21(30)25-22)14-19(28)24-17-13-16(23)7-8-18(17)26-9-11-31-12-10-26/h2-8,13H,9-12,14H2,1H3,(H,24,28)(H,25,30)/t22-/m0/s1. The lowest BCUT2D eigenvalue weighted by Gasteiger charge is -2.30. The first kappa shape index (κ1) is 21.1. The van der Waals surface area contributed by atoms with E-state index in [0.29, 0.717) is 42.6 Å². The van der Waals surface area contributed by atoms with Crippen LogP contribution in [0, 0.1) is 0 Å². The quantitative estimate of drug-likeness (QED) is 0.694. The normalized spacial score (nSPS) is 21.2. The third-order valence-electron chi connectivity index (χ3n) is 5.51. The van der Waals surface area contributed by atoms with E-state index in [9.17, 15) is 14.4 Å². The number of ether oxygens (including phenoxy) is 1. The predicted molar refractivity (Wildman–Crippen MR) is 117 cm³/mol. The van der Waals surface area contributed by atoms with Crippen LogP contribution in [0.3, 0.4) is 0 Å². The topological polar surface area (TPSA) is 91.0 Å². The van der Waals surface area contributed by atoms with E-state index in [1.165, 1.54) is 0 Å². The van der Waals surface area contributed by atoms with Gasteiger partial charge in [-0.15, -0.1) is 0 Å². The van der Waals surface area contributed by atoms with Crippen LogP contribution in [0.1, 0.15) is 12.5 Å². The first-order valence-electron chi connectivity index (χ1n) is 10.0. The Morgan fingerprint density at radius 2 is 1.87 bits per heavy atom. The highest BCUT2D eigenvalue weighted by Gasteiger charge is 2.49. The number of anilines is 2. The van der Waals surface area contributed by atoms with Gasteiger partial charge in [-0.25, -0.2) is 4.79 Å². The first-order chi connectivity index (χ1) is 14.9. The zero-order chi connectivity index (χ0) is 22.0. The molecule has 1 atom stereocenters. The molecule has 0 radical (unpaired) electrons. The van der Waals surface area contributed by atoms with Crippen molar-refractivity contribution in [1.29, 1.82) is 0 Å². The molecule has 2 heterocycles. The zero-order valence-corrected chi connectivity index (χ0v) is 17.8. The van der Waals surface area contributed by atoms with Gasteiger partial charge in [0.15, 0.2) is 0 Å². The Hall–Kier alpha value is -3.10. The molecule has 4 rings (SSSR count). The second kappa shape index (κ2) is 8.56. The Morgan fingerprint density at radius 1 is 1.16 bits per heavy atom. The van der Waals surface area contributed by atoms with Crippen molar-refractivity contribution in [2.45, 2.75) is 12.5 Å². The van der Waals surface area contributed by atoms with E-state index >= 15 is 0 Å². The molecule has 2 N–H and O–H groups in total. The van der Waals surface area contributed by atoms with Crippen LogP contribution in [0.5, 0.6) is 0 Å². The minimum atomic E-state index is -1.21. The lowest BCUT2D eigenvalue weighted by atomic mass is 9.92. The molecule has 9 heteroatoms. The van der Waals surface area contributed by atoms with Crippen LogP contribution in [0.15, 0.2) is 48.5 Å². The van der Waals surface area contributed by atoms with Gasteiger partial charge in [0.1, 0.15) is 12.1 Å². The van der Waals surface area contributed by atoms with Gasteiger partial charge in [-0.2, -0.15) is 0 Å². The van der Waals surface area contributed by atoms with Gasteiger partial charge in [-0.1, -0.05) is 41.9 Å². The molecule has 2 aromatic rings. The van der Waals surface area contributed by atoms with Gasteiger partial charge in [-0.3, -0.25) is 14.5 Å². The summed E-state index contributed by atoms with van der Waals surface area (Å²) in [5.41, 5.74) is 0.776. The number of nitrogens with zero attached hydrogens (tertiary/aromatic N) is 2. The number of hydrogen-bond donors (Lipinski definition) is 2. The molecule has 2 aliphatic rings. The largest absolute Gasteiger partial charge is 0.378 e. The molecule has 4 amide bonds. The van der Waals surface area contributed by atoms with Crippen LogP contribution in [-0.4, -0.2) is 55.6 Å². The van der Waals surface area contributed by atoms with Crippen molar-refractivity contribution in [1.82, 2.24) is 10.2 Å². The van der Waals surface area contributed by atoms with Gasteiger partial charge in [0.25, 0.3) is 5.91 Å². The number of nitrogens with one attached hydrogen (secondary N) is 2. The summed E-state index contributed by atoms with van der Waals surface area (Å²) in [7, 11) is 0. The Balaban J connectivity index is 1.50. The van der Waals surface area contributed by atoms with Gasteiger partial charge in [0.2, 0.25) is 5.91 Å². The number of carbonyl (C=O) groups excluding carboxylic acids is 3. The smallest absolute Gasteiger partial charge is 0.325 e. The molecule has 162 valence electrons. The van der Waals surface area contributed by atoms with Crippen molar-refractivity contribution >= 4 is 40.8 Å². The van der Waals surface area contributed by atoms with Crippen LogP contribution in [0.2, 0.25) is 5.02 Å². The fraction of sp³-hybridized carbons (Fsp3) is 0.318. The first-order valence-corrected chi connectivity index (χ1v) is 10.4. The van der Waals surface area contributed by atoms with Crippen LogP contribution in [-0.2, 0) is 19.9 Å². The molecular formula is C22H23ClN4O4. The predicted octanol–water partition coefficient (Wildman–Crippen LogP) is 2.58. The van der Waals surface area contributed by atoms with Gasteiger partial charge >= 0.3 is 6.03 Å². The molecule has 2 fully saturated rings. The van der Waals surface area contributed by atoms with Gasteiger partial charge in [0.05, 0.1) is 24.6 Å². The second-order valence-electron chi connectivity index (χ2n) is 7.62. The molecule has 0 saturated carbocycles. The number of hydrogen-bond acceptors (Lipinski definition) is 5. The SMILES string of the molecule is C[C@@]1(c2ccccc2)NC(=O)N(CC(=O)Nc2cc(Cl)ccc2N2CCOCC2)C1=O. The van der Waals surface area contributed by atoms with Crippen molar-refractivity contribution in [3.8, 4) is 0 Å². The van der Waals surface area contributed by atoms with Crippen LogP contribution in [0.25, 0.3) is 0 Å². The average Bonchev–Trinajstić information content (AvgIpc) is 2.99. The molecule has 0 aliphatic carbocycles. The zero-order valence-electron chi connectivity index (χ0n) is 17.1. The summed E-state index contributed by atoms with van der Waals surface area (Å²) in [6.07, 6.45) is 0. The van der Waals surface area contributed by atoms with E-state index in [0.717, 1.165) is 10.6 Å². The summed E-state index contributed by atoms with van der Waals surface area (Å²) in [5, 5.41) is 5.98. The number of benzene rings is 2. The number of halogens is 1. The molecule has 2 aliphatic heterocycles. The maximum absolute atomic E-state index is 13.0. The maximum Gasteiger partial charge on any atom is 0.325 e. The van der Waals surface area contributed by atoms with E-state index in [1.54, 1.807) is 43.3 Å². The Kier molecular flexibility index (Phi) is 5.84. The van der Waals surface area contributed by atoms with Gasteiger partial charge in [0, 0.05) is 18.1 Å². The van der Waals surface area contributed by atoms with Crippen molar-refractivity contribution < 1.29 is 19.1 Å². The number of imide groups is 1. The highest BCUT2D eigenvalue weighted by atomic mass is 35.5. The van der Waals surface area contributed by atoms with E-state index in [2.05, 4.69) is 15.5 Å². The summed E-state index contributed by atoms with van der Waals surface area (Å²) >= 11 is 6.14. The molecule has 31 heavy (non-hydrogen) atoms. The molecule has 0 spiro atoms. The number of urea groups is 1. The molecule has 0 aromatic heterocycles. The van der Waals surface area contributed by atoms with E-state index < -0.39 is 29.9 Å². The average molecular weight is 443 g/mol. The third-order valence-corrected chi connectivity index (χ3v) is 5.75. The number of rotatable bonds is 5. The summed E-state index contributed by atoms with van der Waals surface area (Å²) in [5.74, 6) is -0.962. The number of carbonyl (C=O) groups is 3. The fourth-order valence-electron chi connectivity index (χ4n) is 3.83. The monoisotopic (exact) mass is 442 g/mol. The van der Waals surface area contributed by atoms with Crippen molar-refractivity contribution in [3.63, 3.8) is 0 Å². The van der Waals surface area contributed by atoms with E-state index in [-0.39, 0.29) is 0 Å². The maximum atomic E-state index is 13.0. The van der Waals surface area contributed by atoms with E-state index in [1.807, 2.05) is 12.1 Å². The Labute approximate surface area is 185 Å². The summed E-state index contributed by atoms with van der Waals surface area (Å²) in [6.45, 7) is 3.79. The Bertz CT molecular complexity index is 1010. The molecule has 0 unspecified atom stereocenters. The van der Waals surface area contributed by atoms with Crippen molar-refractivity contribution in [2.24, 2.45) is 0 Å². The molecule has 8 nitrogen and oxygen atoms in total. The van der Waals surface area contributed by atoms with Gasteiger partial charge in [-0.05, 0) is 30.7 Å². The highest BCUT2D eigenvalue weighted by Crippen LogP contribution is 2.31. The molecular weight excluding hydrogens is 420 g/mol. The fourth-order valence-corrected chi connectivity index (χ4v) is 4.00. The van der Waals surface area contributed by atoms with Crippen molar-refractivity contribution in [3.05, 3.63) is 59.1 Å². The second-order valence-corrected chi connectivity index (χ2v) is 8.06. The minimum Gasteiger partial charge on any atom is -0.378 e. The van der Waals surface area contributed by atoms with Crippen LogP contribution in [0.4, 0.5) is 16.2 Å².